The molecule has 38 valence electrons. The molecule has 0 bridgehead atoms. The highest BCUT2D eigenvalue weighted by Gasteiger charge is 1.83. The fourth-order valence-corrected chi connectivity index (χ4v) is 0.750. The van der Waals surface area contributed by atoms with Crippen molar-refractivity contribution < 1.29 is 0 Å². The van der Waals surface area contributed by atoms with Crippen LogP contribution in [0.25, 0.3) is 0 Å². The van der Waals surface area contributed by atoms with E-state index >= 15 is 0 Å². The highest BCUT2D eigenvalue weighted by atomic mass is 127. The summed E-state index contributed by atoms with van der Waals surface area (Å²) < 4.78 is 1.80. The molecule has 0 atom stereocenters. The minimum atomic E-state index is 0.880. The summed E-state index contributed by atoms with van der Waals surface area (Å²) in [5.74, 6) is 0. The Kier molecular flexibility index (Phi) is 2.23. The molecule has 0 fully saturated rings. The predicted octanol–water partition coefficient (Wildman–Crippen LogP) is -0.125. The van der Waals surface area contributed by atoms with Gasteiger partial charge in [-0.15, -0.1) is 0 Å². The lowest BCUT2D eigenvalue weighted by molar-refractivity contribution is 1.20. The number of halogens is 1. The summed E-state index contributed by atoms with van der Waals surface area (Å²) in [6.45, 7) is 0. The molecular formula is C4H2AlIN2. The van der Waals surface area contributed by atoms with E-state index in [2.05, 4.69) is 48.8 Å². The van der Waals surface area contributed by atoms with Gasteiger partial charge in [0.1, 0.15) is 3.70 Å². The normalized spacial score (nSPS) is 9.12. The van der Waals surface area contributed by atoms with Gasteiger partial charge < -0.3 is 0 Å². The van der Waals surface area contributed by atoms with Crippen LogP contribution in [-0.2, 0) is 0 Å². The third kappa shape index (κ3) is 1.69. The van der Waals surface area contributed by atoms with Gasteiger partial charge in [0.2, 0.25) is 16.3 Å². The fraction of sp³-hybridized carbons (Fsp3) is 0. The van der Waals surface area contributed by atoms with E-state index in [4.69, 9.17) is 0 Å². The van der Waals surface area contributed by atoms with Gasteiger partial charge in [0, 0.05) is 6.20 Å². The van der Waals surface area contributed by atoms with Crippen LogP contribution in [0.4, 0.5) is 0 Å². The zero-order valence-electron chi connectivity index (χ0n) is 4.00. The maximum Gasteiger partial charge on any atom is 0.212 e. The van der Waals surface area contributed by atoms with Gasteiger partial charge in [-0.25, -0.2) is 4.98 Å². The van der Waals surface area contributed by atoms with Crippen LogP contribution in [0, 0.1) is 3.70 Å². The molecule has 1 rings (SSSR count). The number of rotatable bonds is 0. The third-order valence-corrected chi connectivity index (χ3v) is 1.50. The average molecular weight is 232 g/mol. The molecule has 1 aromatic rings. The number of hydrogen-bond acceptors (Lipinski definition) is 2. The molecule has 0 aromatic carbocycles. The molecule has 0 aliphatic rings. The van der Waals surface area contributed by atoms with Gasteiger partial charge in [-0.05, 0) is 27.1 Å². The van der Waals surface area contributed by atoms with Crippen molar-refractivity contribution in [3.63, 3.8) is 0 Å². The zero-order chi connectivity index (χ0) is 5.98. The van der Waals surface area contributed by atoms with Crippen molar-refractivity contribution in [1.29, 1.82) is 0 Å². The van der Waals surface area contributed by atoms with Crippen LogP contribution in [0.3, 0.4) is 0 Å². The smallest absolute Gasteiger partial charge is 0.212 e. The van der Waals surface area contributed by atoms with Crippen LogP contribution >= 0.6 is 22.6 Å². The number of aromatic nitrogens is 2. The van der Waals surface area contributed by atoms with Gasteiger partial charge in [0.15, 0.2) is 0 Å². The Morgan fingerprint density at radius 1 is 1.38 bits per heavy atom. The van der Waals surface area contributed by atoms with Crippen molar-refractivity contribution >= 4 is 43.4 Å². The van der Waals surface area contributed by atoms with Gasteiger partial charge in [0.25, 0.3) is 0 Å². The van der Waals surface area contributed by atoms with E-state index in [1.54, 1.807) is 12.4 Å². The second kappa shape index (κ2) is 2.76. The van der Waals surface area contributed by atoms with Crippen LogP contribution in [0.2, 0.25) is 0 Å². The van der Waals surface area contributed by atoms with E-state index in [0.29, 0.717) is 0 Å². The quantitative estimate of drug-likeness (QED) is 0.460. The zero-order valence-corrected chi connectivity index (χ0v) is 7.32. The summed E-state index contributed by atoms with van der Waals surface area (Å²) in [7, 11) is 0. The maximum atomic E-state index is 3.98. The van der Waals surface area contributed by atoms with E-state index in [1.807, 2.05) is 0 Å². The monoisotopic (exact) mass is 232 g/mol. The fourth-order valence-electron chi connectivity index (χ4n) is 0.322. The first-order valence-electron chi connectivity index (χ1n) is 2.02. The van der Waals surface area contributed by atoms with Crippen LogP contribution in [-0.4, -0.2) is 26.3 Å². The second-order valence-electron chi connectivity index (χ2n) is 1.26. The predicted molar refractivity (Wildman–Crippen MR) is 40.1 cm³/mol. The lowest BCUT2D eigenvalue weighted by Crippen LogP contribution is -2.07. The van der Waals surface area contributed by atoms with E-state index in [9.17, 15) is 0 Å². The molecule has 0 amide bonds. The Hall–Kier alpha value is 0.342. The van der Waals surface area contributed by atoms with E-state index in [0.717, 1.165) is 8.26 Å². The first-order chi connectivity index (χ1) is 3.79. The maximum absolute atomic E-state index is 3.98. The van der Waals surface area contributed by atoms with Gasteiger partial charge in [-0.3, -0.25) is 4.98 Å². The molecular weight excluding hydrogens is 230 g/mol. The van der Waals surface area contributed by atoms with E-state index in [-0.39, 0.29) is 0 Å². The molecule has 4 heteroatoms. The first kappa shape index (κ1) is 6.46. The summed E-state index contributed by atoms with van der Waals surface area (Å²) in [6.07, 6.45) is 3.44. The van der Waals surface area contributed by atoms with Crippen LogP contribution in [0.1, 0.15) is 0 Å². The molecule has 2 radical (unpaired) electrons. The molecule has 8 heavy (non-hydrogen) atoms. The largest absolute Gasteiger partial charge is 0.278 e. The Morgan fingerprint density at radius 3 is 2.50 bits per heavy atom. The van der Waals surface area contributed by atoms with Gasteiger partial charge in [0.05, 0.1) is 6.20 Å². The lowest BCUT2D eigenvalue weighted by atomic mass is 10.8. The van der Waals surface area contributed by atoms with Crippen molar-refractivity contribution in [3.05, 3.63) is 16.1 Å². The average Bonchev–Trinajstić information content (AvgIpc) is 1.77. The Labute approximate surface area is 69.3 Å². The number of hydrogen-bond donors (Lipinski definition) is 0. The molecule has 1 heterocycles. The van der Waals surface area contributed by atoms with E-state index < -0.39 is 0 Å². The molecule has 1 aromatic heterocycles. The summed E-state index contributed by atoms with van der Waals surface area (Å²) in [6, 6.07) is 0. The van der Waals surface area contributed by atoms with Crippen molar-refractivity contribution in [3.8, 4) is 0 Å². The van der Waals surface area contributed by atoms with Crippen molar-refractivity contribution in [2.24, 2.45) is 0 Å². The second-order valence-corrected chi connectivity index (χ2v) is 2.96. The Balaban J connectivity index is 3.03. The Morgan fingerprint density at radius 2 is 2.12 bits per heavy atom. The topological polar surface area (TPSA) is 25.8 Å². The van der Waals surface area contributed by atoms with Crippen molar-refractivity contribution in [2.75, 3.05) is 0 Å². The standard InChI is InChI=1S/C4H2IN2.Al/c5-4-3-6-1-2-7-4;/h2-3H;. The molecule has 0 saturated heterocycles. The minimum Gasteiger partial charge on any atom is -0.278 e. The molecule has 0 aliphatic carbocycles. The van der Waals surface area contributed by atoms with Crippen LogP contribution < -0.4 is 4.56 Å². The van der Waals surface area contributed by atoms with Gasteiger partial charge in [-0.1, -0.05) is 0 Å². The van der Waals surface area contributed by atoms with Crippen molar-refractivity contribution in [1.82, 2.24) is 9.97 Å². The minimum absolute atomic E-state index is 0.880. The van der Waals surface area contributed by atoms with Crippen LogP contribution in [0.15, 0.2) is 12.4 Å². The highest BCUT2D eigenvalue weighted by molar-refractivity contribution is 14.1. The highest BCUT2D eigenvalue weighted by Crippen LogP contribution is 1.91. The molecule has 2 nitrogen and oxygen atoms in total. The summed E-state index contributed by atoms with van der Waals surface area (Å²) in [5.41, 5.74) is 0. The molecule has 0 N–H and O–H groups in total. The Bertz CT molecular complexity index is 153. The molecule has 0 unspecified atom stereocenters. The van der Waals surface area contributed by atoms with E-state index in [1.165, 1.54) is 0 Å². The molecule has 0 saturated carbocycles. The molecule has 0 aliphatic heterocycles. The summed E-state index contributed by atoms with van der Waals surface area (Å²) in [5, 5.41) is 0. The summed E-state index contributed by atoms with van der Waals surface area (Å²) in [4.78, 5) is 7.95. The van der Waals surface area contributed by atoms with Crippen LogP contribution in [0.5, 0.6) is 0 Å². The van der Waals surface area contributed by atoms with Gasteiger partial charge in [-0.2, -0.15) is 0 Å². The summed E-state index contributed by atoms with van der Waals surface area (Å²) >= 11 is 4.59. The van der Waals surface area contributed by atoms with Crippen molar-refractivity contribution in [2.45, 2.75) is 0 Å². The third-order valence-electron chi connectivity index (χ3n) is 0.640. The number of nitrogens with zero attached hydrogens (tertiary/aromatic N) is 2. The SMILES string of the molecule is [Al][c]1cnc(I)cn1. The first-order valence-corrected chi connectivity index (χ1v) is 3.67. The lowest BCUT2D eigenvalue weighted by Gasteiger charge is -1.88. The van der Waals surface area contributed by atoms with Gasteiger partial charge >= 0.3 is 0 Å². The molecule has 0 spiro atoms.